The third kappa shape index (κ3) is 2.75. The maximum absolute atomic E-state index is 5.23. The molecular weight excluding hydrogens is 276 g/mol. The van der Waals surface area contributed by atoms with Crippen molar-refractivity contribution < 1.29 is 4.74 Å². The molecule has 0 amide bonds. The minimum absolute atomic E-state index is 0.109. The maximum atomic E-state index is 5.23. The smallest absolute Gasteiger partial charge is 0.158 e. The topological polar surface area (TPSA) is 43.2 Å². The second-order valence-electron chi connectivity index (χ2n) is 6.71. The normalized spacial score (nSPS) is 23.3. The molecule has 0 aromatic carbocycles. The van der Waals surface area contributed by atoms with Gasteiger partial charge in [0.1, 0.15) is 0 Å². The first kappa shape index (κ1) is 15.4. The Labute approximate surface area is 132 Å². The van der Waals surface area contributed by atoms with E-state index in [1.807, 2.05) is 18.7 Å². The number of methoxy groups -OCH3 is 1. The molecule has 0 bridgehead atoms. The molecule has 1 atom stereocenters. The predicted molar refractivity (Wildman–Crippen MR) is 88.1 cm³/mol. The predicted octanol–water partition coefficient (Wildman–Crippen LogP) is 2.28. The maximum Gasteiger partial charge on any atom is 0.158 e. The van der Waals surface area contributed by atoms with E-state index < -0.39 is 0 Å². The SMILES string of the molecule is COCCN1CCC[C@@](C)(c2ccc3c(C)nn(C)c3n2)C1. The van der Waals surface area contributed by atoms with Gasteiger partial charge in [-0.1, -0.05) is 6.92 Å². The number of rotatable bonds is 4. The van der Waals surface area contributed by atoms with E-state index in [0.717, 1.165) is 43.0 Å². The summed E-state index contributed by atoms with van der Waals surface area (Å²) in [7, 11) is 3.74. The molecule has 1 aliphatic heterocycles. The van der Waals surface area contributed by atoms with Gasteiger partial charge in [-0.2, -0.15) is 5.10 Å². The van der Waals surface area contributed by atoms with Crippen molar-refractivity contribution in [2.75, 3.05) is 33.4 Å². The van der Waals surface area contributed by atoms with Gasteiger partial charge in [0, 0.05) is 38.0 Å². The van der Waals surface area contributed by atoms with Gasteiger partial charge in [0.05, 0.1) is 18.0 Å². The Morgan fingerprint density at radius 1 is 1.36 bits per heavy atom. The van der Waals surface area contributed by atoms with Crippen LogP contribution in [0.3, 0.4) is 0 Å². The largest absolute Gasteiger partial charge is 0.383 e. The van der Waals surface area contributed by atoms with Gasteiger partial charge in [-0.15, -0.1) is 0 Å². The molecule has 2 aromatic heterocycles. The minimum Gasteiger partial charge on any atom is -0.383 e. The summed E-state index contributed by atoms with van der Waals surface area (Å²) in [4.78, 5) is 7.44. The molecule has 22 heavy (non-hydrogen) atoms. The summed E-state index contributed by atoms with van der Waals surface area (Å²) in [6.07, 6.45) is 2.40. The number of aromatic nitrogens is 3. The Kier molecular flexibility index (Phi) is 4.19. The van der Waals surface area contributed by atoms with Crippen LogP contribution in [0.1, 0.15) is 31.2 Å². The van der Waals surface area contributed by atoms with E-state index in [4.69, 9.17) is 9.72 Å². The van der Waals surface area contributed by atoms with E-state index in [1.54, 1.807) is 7.11 Å². The Bertz CT molecular complexity index is 666. The van der Waals surface area contributed by atoms with Crippen molar-refractivity contribution in [3.05, 3.63) is 23.5 Å². The molecule has 120 valence electrons. The fraction of sp³-hybridized carbons (Fsp3) is 0.647. The molecule has 0 N–H and O–H groups in total. The van der Waals surface area contributed by atoms with Crippen LogP contribution in [0.4, 0.5) is 0 Å². The lowest BCUT2D eigenvalue weighted by Gasteiger charge is -2.40. The zero-order valence-electron chi connectivity index (χ0n) is 14.1. The molecule has 1 fully saturated rings. The molecule has 0 unspecified atom stereocenters. The fourth-order valence-corrected chi connectivity index (χ4v) is 3.60. The summed E-state index contributed by atoms with van der Waals surface area (Å²) < 4.78 is 7.12. The lowest BCUT2D eigenvalue weighted by molar-refractivity contribution is 0.105. The molecule has 3 rings (SSSR count). The van der Waals surface area contributed by atoms with Gasteiger partial charge in [0.2, 0.25) is 0 Å². The zero-order valence-corrected chi connectivity index (χ0v) is 14.1. The van der Waals surface area contributed by atoms with E-state index >= 15 is 0 Å². The van der Waals surface area contributed by atoms with Gasteiger partial charge in [-0.3, -0.25) is 4.68 Å². The van der Waals surface area contributed by atoms with Crippen LogP contribution in [0.5, 0.6) is 0 Å². The molecule has 0 aliphatic carbocycles. The highest BCUT2D eigenvalue weighted by Crippen LogP contribution is 2.33. The van der Waals surface area contributed by atoms with E-state index in [9.17, 15) is 0 Å². The number of fused-ring (bicyclic) bond motifs is 1. The lowest BCUT2D eigenvalue weighted by atomic mass is 9.78. The first-order valence-electron chi connectivity index (χ1n) is 8.06. The van der Waals surface area contributed by atoms with Crippen LogP contribution in [0.2, 0.25) is 0 Å². The van der Waals surface area contributed by atoms with Gasteiger partial charge >= 0.3 is 0 Å². The van der Waals surface area contributed by atoms with Crippen molar-refractivity contribution in [3.8, 4) is 0 Å². The average Bonchev–Trinajstić information content (AvgIpc) is 2.80. The number of hydrogen-bond donors (Lipinski definition) is 0. The van der Waals surface area contributed by atoms with Crippen molar-refractivity contribution in [3.63, 3.8) is 0 Å². The Morgan fingerprint density at radius 3 is 2.95 bits per heavy atom. The molecule has 5 heteroatoms. The summed E-state index contributed by atoms with van der Waals surface area (Å²) in [5, 5.41) is 5.64. The van der Waals surface area contributed by atoms with Crippen LogP contribution in [-0.4, -0.2) is 53.0 Å². The number of piperidine rings is 1. The third-order valence-corrected chi connectivity index (χ3v) is 4.88. The van der Waals surface area contributed by atoms with Crippen LogP contribution in [0, 0.1) is 6.92 Å². The van der Waals surface area contributed by atoms with Crippen LogP contribution >= 0.6 is 0 Å². The van der Waals surface area contributed by atoms with Crippen molar-refractivity contribution in [1.29, 1.82) is 0 Å². The fourth-order valence-electron chi connectivity index (χ4n) is 3.60. The highest BCUT2D eigenvalue weighted by molar-refractivity contribution is 5.78. The molecule has 0 spiro atoms. The third-order valence-electron chi connectivity index (χ3n) is 4.88. The molecule has 0 radical (unpaired) electrons. The van der Waals surface area contributed by atoms with E-state index in [2.05, 4.69) is 29.1 Å². The second kappa shape index (κ2) is 5.97. The summed E-state index contributed by atoms with van der Waals surface area (Å²) in [5.41, 5.74) is 3.33. The molecule has 1 saturated heterocycles. The zero-order chi connectivity index (χ0) is 15.7. The molecule has 3 heterocycles. The monoisotopic (exact) mass is 302 g/mol. The van der Waals surface area contributed by atoms with Crippen LogP contribution in [0.25, 0.3) is 11.0 Å². The van der Waals surface area contributed by atoms with Crippen molar-refractivity contribution in [2.45, 2.75) is 32.1 Å². The van der Waals surface area contributed by atoms with Crippen LogP contribution < -0.4 is 0 Å². The first-order valence-corrected chi connectivity index (χ1v) is 8.06. The average molecular weight is 302 g/mol. The summed E-state index contributed by atoms with van der Waals surface area (Å²) >= 11 is 0. The van der Waals surface area contributed by atoms with Gasteiger partial charge in [0.15, 0.2) is 5.65 Å². The van der Waals surface area contributed by atoms with Crippen LogP contribution in [-0.2, 0) is 17.2 Å². The molecule has 1 aliphatic rings. The number of likely N-dealkylation sites (tertiary alicyclic amines) is 1. The van der Waals surface area contributed by atoms with Crippen LogP contribution in [0.15, 0.2) is 12.1 Å². The Balaban J connectivity index is 1.89. The van der Waals surface area contributed by atoms with Gasteiger partial charge in [-0.05, 0) is 38.4 Å². The highest BCUT2D eigenvalue weighted by Gasteiger charge is 2.34. The van der Waals surface area contributed by atoms with E-state index in [-0.39, 0.29) is 5.41 Å². The van der Waals surface area contributed by atoms with Gasteiger partial charge in [-0.25, -0.2) is 4.98 Å². The second-order valence-corrected chi connectivity index (χ2v) is 6.71. The van der Waals surface area contributed by atoms with E-state index in [0.29, 0.717) is 0 Å². The number of aryl methyl sites for hydroxylation is 2. The summed E-state index contributed by atoms with van der Waals surface area (Å²) in [6.45, 7) is 8.38. The summed E-state index contributed by atoms with van der Waals surface area (Å²) in [5.74, 6) is 0. The lowest BCUT2D eigenvalue weighted by Crippen LogP contribution is -2.45. The Hall–Kier alpha value is -1.46. The van der Waals surface area contributed by atoms with Gasteiger partial charge in [0.25, 0.3) is 0 Å². The molecule has 2 aromatic rings. The molecule has 0 saturated carbocycles. The van der Waals surface area contributed by atoms with Crippen molar-refractivity contribution >= 4 is 11.0 Å². The number of nitrogens with zero attached hydrogens (tertiary/aromatic N) is 4. The standard InChI is InChI=1S/C17H26N4O/c1-13-14-6-7-15(18-16(14)20(3)19-13)17(2)8-5-9-21(12-17)10-11-22-4/h6-7H,5,8-12H2,1-4H3/t17-/m1/s1. The van der Waals surface area contributed by atoms with Crippen molar-refractivity contribution in [1.82, 2.24) is 19.7 Å². The summed E-state index contributed by atoms with van der Waals surface area (Å²) in [6, 6.07) is 4.37. The van der Waals surface area contributed by atoms with E-state index in [1.165, 1.54) is 18.5 Å². The molecular formula is C17H26N4O. The highest BCUT2D eigenvalue weighted by atomic mass is 16.5. The Morgan fingerprint density at radius 2 is 2.18 bits per heavy atom. The number of ether oxygens (including phenoxy) is 1. The number of hydrogen-bond acceptors (Lipinski definition) is 4. The van der Waals surface area contributed by atoms with Gasteiger partial charge < -0.3 is 9.64 Å². The number of pyridine rings is 1. The first-order chi connectivity index (χ1) is 10.5. The molecule has 5 nitrogen and oxygen atoms in total. The minimum atomic E-state index is 0.109. The van der Waals surface area contributed by atoms with Crippen molar-refractivity contribution in [2.24, 2.45) is 7.05 Å². The quantitative estimate of drug-likeness (QED) is 0.869.